The van der Waals surface area contributed by atoms with Crippen LogP contribution in [0.5, 0.6) is 0 Å². The molecule has 0 aromatic carbocycles. The third-order valence-electron chi connectivity index (χ3n) is 3.35. The second kappa shape index (κ2) is 7.73. The molecule has 0 aromatic heterocycles. The van der Waals surface area contributed by atoms with E-state index in [4.69, 9.17) is 0 Å². The molecule has 0 radical (unpaired) electrons. The highest BCUT2D eigenvalue weighted by atomic mass is 15.2. The van der Waals surface area contributed by atoms with Gasteiger partial charge in [-0.1, -0.05) is 13.3 Å². The Morgan fingerprint density at radius 3 is 2.37 bits per heavy atom. The molecule has 0 aromatic rings. The lowest BCUT2D eigenvalue weighted by Crippen LogP contribution is -2.49. The minimum Gasteiger partial charge on any atom is -0.356 e. The molecule has 0 amide bonds. The van der Waals surface area contributed by atoms with Crippen LogP contribution in [0.2, 0.25) is 0 Å². The van der Waals surface area contributed by atoms with E-state index in [0.717, 1.165) is 12.5 Å². The van der Waals surface area contributed by atoms with Crippen molar-refractivity contribution in [2.24, 2.45) is 10.9 Å². The molecule has 0 saturated carbocycles. The van der Waals surface area contributed by atoms with Gasteiger partial charge in [-0.15, -0.1) is 0 Å². The van der Waals surface area contributed by atoms with Crippen LogP contribution in [-0.4, -0.2) is 49.6 Å². The molecule has 1 fully saturated rings. The van der Waals surface area contributed by atoms with Crippen LogP contribution in [0.25, 0.3) is 0 Å². The average Bonchev–Trinajstić information content (AvgIpc) is 2.34. The van der Waals surface area contributed by atoms with Crippen LogP contribution in [0.4, 0.5) is 0 Å². The summed E-state index contributed by atoms with van der Waals surface area (Å²) >= 11 is 0. The standard InChI is InChI=1S/C15H32N4/c1-13(12-19-9-7-6-8-10-19)11-17-14(16-5)18-15(2,3)4/h13H,6-12H2,1-5H3,(H2,16,17,18). The van der Waals surface area contributed by atoms with Gasteiger partial charge in [-0.2, -0.15) is 0 Å². The average molecular weight is 268 g/mol. The van der Waals surface area contributed by atoms with Gasteiger partial charge in [0.1, 0.15) is 0 Å². The molecule has 1 rings (SSSR count). The van der Waals surface area contributed by atoms with Gasteiger partial charge < -0.3 is 15.5 Å². The molecular formula is C15H32N4. The van der Waals surface area contributed by atoms with Gasteiger partial charge in [0, 0.05) is 25.7 Å². The van der Waals surface area contributed by atoms with Crippen molar-refractivity contribution in [1.82, 2.24) is 15.5 Å². The third kappa shape index (κ3) is 7.41. The van der Waals surface area contributed by atoms with Crippen molar-refractivity contribution in [1.29, 1.82) is 0 Å². The van der Waals surface area contributed by atoms with E-state index in [2.05, 4.69) is 48.2 Å². The Labute approximate surface area is 119 Å². The molecule has 1 aliphatic rings. The van der Waals surface area contributed by atoms with E-state index in [1.165, 1.54) is 38.9 Å². The molecule has 1 aliphatic heterocycles. The smallest absolute Gasteiger partial charge is 0.191 e. The molecule has 0 spiro atoms. The fourth-order valence-corrected chi connectivity index (χ4v) is 2.45. The molecule has 112 valence electrons. The summed E-state index contributed by atoms with van der Waals surface area (Å²) in [7, 11) is 1.83. The maximum Gasteiger partial charge on any atom is 0.191 e. The normalized spacial score (nSPS) is 20.2. The van der Waals surface area contributed by atoms with E-state index in [1.54, 1.807) is 0 Å². The maximum absolute atomic E-state index is 4.27. The summed E-state index contributed by atoms with van der Waals surface area (Å²) < 4.78 is 0. The molecule has 0 aliphatic carbocycles. The Bertz CT molecular complexity index is 274. The van der Waals surface area contributed by atoms with Gasteiger partial charge in [0.25, 0.3) is 0 Å². The number of nitrogens with zero attached hydrogens (tertiary/aromatic N) is 2. The lowest BCUT2D eigenvalue weighted by atomic mass is 10.1. The zero-order valence-electron chi connectivity index (χ0n) is 13.4. The molecule has 4 nitrogen and oxygen atoms in total. The van der Waals surface area contributed by atoms with Crippen LogP contribution in [0, 0.1) is 5.92 Å². The predicted molar refractivity (Wildman–Crippen MR) is 83.7 cm³/mol. The Hall–Kier alpha value is -0.770. The van der Waals surface area contributed by atoms with Crippen LogP contribution < -0.4 is 10.6 Å². The van der Waals surface area contributed by atoms with E-state index >= 15 is 0 Å². The molecule has 4 heteroatoms. The molecule has 1 unspecified atom stereocenters. The summed E-state index contributed by atoms with van der Waals surface area (Å²) in [5.41, 5.74) is 0.0535. The minimum atomic E-state index is 0.0535. The van der Waals surface area contributed by atoms with Crippen LogP contribution in [0.3, 0.4) is 0 Å². The van der Waals surface area contributed by atoms with E-state index in [9.17, 15) is 0 Å². The summed E-state index contributed by atoms with van der Waals surface area (Å²) in [5.74, 6) is 1.55. The summed E-state index contributed by atoms with van der Waals surface area (Å²) in [6.45, 7) is 13.5. The van der Waals surface area contributed by atoms with Crippen molar-refractivity contribution in [2.45, 2.75) is 52.5 Å². The van der Waals surface area contributed by atoms with Crippen LogP contribution in [0.15, 0.2) is 4.99 Å². The fraction of sp³-hybridized carbons (Fsp3) is 0.933. The first-order valence-corrected chi connectivity index (χ1v) is 7.62. The summed E-state index contributed by atoms with van der Waals surface area (Å²) in [4.78, 5) is 6.87. The lowest BCUT2D eigenvalue weighted by Gasteiger charge is -2.30. The number of rotatable bonds is 4. The minimum absolute atomic E-state index is 0.0535. The highest BCUT2D eigenvalue weighted by molar-refractivity contribution is 5.80. The monoisotopic (exact) mass is 268 g/mol. The van der Waals surface area contributed by atoms with Crippen molar-refractivity contribution in [3.63, 3.8) is 0 Å². The number of hydrogen-bond donors (Lipinski definition) is 2. The number of hydrogen-bond acceptors (Lipinski definition) is 2. The molecule has 2 N–H and O–H groups in total. The largest absolute Gasteiger partial charge is 0.356 e. The van der Waals surface area contributed by atoms with Crippen molar-refractivity contribution in [2.75, 3.05) is 33.2 Å². The number of piperidine rings is 1. The molecule has 19 heavy (non-hydrogen) atoms. The predicted octanol–water partition coefficient (Wildman–Crippen LogP) is 2.07. The highest BCUT2D eigenvalue weighted by Gasteiger charge is 2.15. The number of nitrogens with one attached hydrogen (secondary N) is 2. The van der Waals surface area contributed by atoms with Gasteiger partial charge in [-0.3, -0.25) is 4.99 Å². The quantitative estimate of drug-likeness (QED) is 0.606. The van der Waals surface area contributed by atoms with E-state index in [0.29, 0.717) is 5.92 Å². The first-order valence-electron chi connectivity index (χ1n) is 7.62. The Morgan fingerprint density at radius 2 is 1.84 bits per heavy atom. The Kier molecular flexibility index (Phi) is 6.63. The highest BCUT2D eigenvalue weighted by Crippen LogP contribution is 2.10. The molecular weight excluding hydrogens is 236 g/mol. The Balaban J connectivity index is 2.26. The fourth-order valence-electron chi connectivity index (χ4n) is 2.45. The molecule has 1 heterocycles. The SMILES string of the molecule is CN=C(NCC(C)CN1CCCCC1)NC(C)(C)C. The van der Waals surface area contributed by atoms with Crippen molar-refractivity contribution in [3.8, 4) is 0 Å². The van der Waals surface area contributed by atoms with Gasteiger partial charge in [-0.25, -0.2) is 0 Å². The summed E-state index contributed by atoms with van der Waals surface area (Å²) in [6, 6.07) is 0. The Morgan fingerprint density at radius 1 is 1.21 bits per heavy atom. The van der Waals surface area contributed by atoms with Crippen molar-refractivity contribution in [3.05, 3.63) is 0 Å². The van der Waals surface area contributed by atoms with Crippen LogP contribution in [0.1, 0.15) is 47.0 Å². The zero-order valence-corrected chi connectivity index (χ0v) is 13.4. The topological polar surface area (TPSA) is 39.7 Å². The first-order chi connectivity index (χ1) is 8.90. The zero-order chi connectivity index (χ0) is 14.3. The van der Waals surface area contributed by atoms with Crippen molar-refractivity contribution >= 4 is 5.96 Å². The maximum atomic E-state index is 4.27. The number of aliphatic imine (C=N–C) groups is 1. The van der Waals surface area contributed by atoms with Gasteiger partial charge in [0.05, 0.1) is 0 Å². The van der Waals surface area contributed by atoms with E-state index in [-0.39, 0.29) is 5.54 Å². The van der Waals surface area contributed by atoms with Gasteiger partial charge >= 0.3 is 0 Å². The van der Waals surface area contributed by atoms with Gasteiger partial charge in [0.2, 0.25) is 0 Å². The molecule has 1 atom stereocenters. The second-order valence-corrected chi connectivity index (χ2v) is 6.79. The first kappa shape index (κ1) is 16.3. The van der Waals surface area contributed by atoms with E-state index in [1.807, 2.05) is 7.05 Å². The van der Waals surface area contributed by atoms with Gasteiger partial charge in [0.15, 0.2) is 5.96 Å². The molecule has 0 bridgehead atoms. The lowest BCUT2D eigenvalue weighted by molar-refractivity contribution is 0.201. The summed E-state index contributed by atoms with van der Waals surface area (Å²) in [6.07, 6.45) is 4.14. The number of guanidine groups is 1. The molecule has 1 saturated heterocycles. The van der Waals surface area contributed by atoms with Gasteiger partial charge in [-0.05, 0) is 52.6 Å². The summed E-state index contributed by atoms with van der Waals surface area (Å²) in [5, 5.41) is 6.82. The van der Waals surface area contributed by atoms with Crippen molar-refractivity contribution < 1.29 is 0 Å². The number of likely N-dealkylation sites (tertiary alicyclic amines) is 1. The third-order valence-corrected chi connectivity index (χ3v) is 3.35. The second-order valence-electron chi connectivity index (χ2n) is 6.79. The van der Waals surface area contributed by atoms with Crippen LogP contribution >= 0.6 is 0 Å². The van der Waals surface area contributed by atoms with E-state index < -0.39 is 0 Å². The van der Waals surface area contributed by atoms with Crippen LogP contribution in [-0.2, 0) is 0 Å².